The zero-order valence-corrected chi connectivity index (χ0v) is 11.8. The Bertz CT molecular complexity index is 580. The summed E-state index contributed by atoms with van der Waals surface area (Å²) in [5, 5.41) is 4.61. The molecule has 2 aromatic rings. The van der Waals surface area contributed by atoms with Crippen molar-refractivity contribution < 1.29 is 4.79 Å². The highest BCUT2D eigenvalue weighted by Crippen LogP contribution is 2.22. The first kappa shape index (κ1) is 13.2. The van der Waals surface area contributed by atoms with Gasteiger partial charge in [0.25, 0.3) is 0 Å². The number of hydrogen-bond donors (Lipinski definition) is 0. The first-order valence-electron chi connectivity index (χ1n) is 5.75. The number of benzene rings is 1. The Morgan fingerprint density at radius 2 is 2.22 bits per heavy atom. The Labute approximate surface area is 115 Å². The summed E-state index contributed by atoms with van der Waals surface area (Å²) in [5.41, 5.74) is 2.34. The van der Waals surface area contributed by atoms with E-state index in [1.54, 1.807) is 12.1 Å². The molecule has 1 aromatic carbocycles. The third kappa shape index (κ3) is 2.60. The average Bonchev–Trinajstić information content (AvgIpc) is 2.80. The number of rotatable bonds is 4. The van der Waals surface area contributed by atoms with E-state index >= 15 is 0 Å². The highest BCUT2D eigenvalue weighted by atomic mass is 35.5. The minimum Gasteiger partial charge on any atom is -0.288 e. The second kappa shape index (κ2) is 5.59. The standard InChI is InChI=1S/C13H13ClN2OS/c1-3-4-11-13(18-16-15-11)12(17)9-6-5-8(2)10(14)7-9/h5-7H,3-4H2,1-2H3. The summed E-state index contributed by atoms with van der Waals surface area (Å²) in [6.45, 7) is 3.96. The van der Waals surface area contributed by atoms with E-state index in [2.05, 4.69) is 16.5 Å². The van der Waals surface area contributed by atoms with Gasteiger partial charge in [-0.25, -0.2) is 0 Å². The van der Waals surface area contributed by atoms with Crippen LogP contribution in [0, 0.1) is 6.92 Å². The van der Waals surface area contributed by atoms with E-state index in [4.69, 9.17) is 11.6 Å². The molecule has 3 nitrogen and oxygen atoms in total. The fourth-order valence-corrected chi connectivity index (χ4v) is 2.50. The SMILES string of the molecule is CCCc1nnsc1C(=O)c1ccc(C)c(Cl)c1. The Morgan fingerprint density at radius 1 is 1.44 bits per heavy atom. The van der Waals surface area contributed by atoms with Crippen LogP contribution in [-0.2, 0) is 6.42 Å². The molecule has 0 saturated carbocycles. The van der Waals surface area contributed by atoms with Gasteiger partial charge in [0.1, 0.15) is 4.88 Å². The summed E-state index contributed by atoms with van der Waals surface area (Å²) in [6.07, 6.45) is 1.72. The molecule has 0 amide bonds. The smallest absolute Gasteiger partial charge is 0.206 e. The molecule has 5 heteroatoms. The van der Waals surface area contributed by atoms with E-state index < -0.39 is 0 Å². The van der Waals surface area contributed by atoms with E-state index in [9.17, 15) is 4.79 Å². The van der Waals surface area contributed by atoms with Gasteiger partial charge in [0, 0.05) is 10.6 Å². The number of aryl methyl sites for hydroxylation is 2. The van der Waals surface area contributed by atoms with Gasteiger partial charge in [0.15, 0.2) is 0 Å². The molecule has 0 bridgehead atoms. The van der Waals surface area contributed by atoms with Gasteiger partial charge in [0.05, 0.1) is 5.69 Å². The van der Waals surface area contributed by atoms with Crippen LogP contribution in [0.3, 0.4) is 0 Å². The van der Waals surface area contributed by atoms with E-state index in [1.165, 1.54) is 0 Å². The molecule has 0 radical (unpaired) electrons. The van der Waals surface area contributed by atoms with Crippen LogP contribution in [0.4, 0.5) is 0 Å². The van der Waals surface area contributed by atoms with E-state index in [1.807, 2.05) is 13.0 Å². The molecule has 94 valence electrons. The number of halogens is 1. The molecule has 0 atom stereocenters. The lowest BCUT2D eigenvalue weighted by Gasteiger charge is -2.02. The molecule has 1 heterocycles. The second-order valence-corrected chi connectivity index (χ2v) is 5.25. The van der Waals surface area contributed by atoms with Crippen molar-refractivity contribution in [1.29, 1.82) is 0 Å². The first-order valence-corrected chi connectivity index (χ1v) is 6.90. The lowest BCUT2D eigenvalue weighted by atomic mass is 10.1. The van der Waals surface area contributed by atoms with Gasteiger partial charge < -0.3 is 0 Å². The lowest BCUT2D eigenvalue weighted by molar-refractivity contribution is 0.104. The van der Waals surface area contributed by atoms with Gasteiger partial charge >= 0.3 is 0 Å². The summed E-state index contributed by atoms with van der Waals surface area (Å²) in [5.74, 6) is -0.0460. The van der Waals surface area contributed by atoms with Crippen LogP contribution in [-0.4, -0.2) is 15.4 Å². The van der Waals surface area contributed by atoms with Crippen molar-refractivity contribution in [2.24, 2.45) is 0 Å². The van der Waals surface area contributed by atoms with Gasteiger partial charge in [0.2, 0.25) is 5.78 Å². The molecule has 1 aromatic heterocycles. The molecule has 0 fully saturated rings. The predicted molar refractivity (Wildman–Crippen MR) is 73.5 cm³/mol. The summed E-state index contributed by atoms with van der Waals surface area (Å²) < 4.78 is 3.87. The molecule has 0 aliphatic heterocycles. The molecular weight excluding hydrogens is 268 g/mol. The fourth-order valence-electron chi connectivity index (χ4n) is 1.65. The Kier molecular flexibility index (Phi) is 4.09. The number of nitrogens with zero attached hydrogens (tertiary/aromatic N) is 2. The van der Waals surface area contributed by atoms with Gasteiger partial charge in [-0.3, -0.25) is 4.79 Å². The summed E-state index contributed by atoms with van der Waals surface area (Å²) in [7, 11) is 0. The van der Waals surface area contributed by atoms with Gasteiger partial charge in [-0.1, -0.05) is 41.6 Å². The highest BCUT2D eigenvalue weighted by Gasteiger charge is 2.17. The van der Waals surface area contributed by atoms with Crippen LogP contribution >= 0.6 is 23.1 Å². The molecule has 0 spiro atoms. The fraction of sp³-hybridized carbons (Fsp3) is 0.308. The quantitative estimate of drug-likeness (QED) is 0.802. The molecular formula is C13H13ClN2OS. The zero-order valence-electron chi connectivity index (χ0n) is 10.2. The normalized spacial score (nSPS) is 10.6. The van der Waals surface area contributed by atoms with Crippen molar-refractivity contribution in [2.75, 3.05) is 0 Å². The monoisotopic (exact) mass is 280 g/mol. The third-order valence-electron chi connectivity index (χ3n) is 2.68. The molecule has 2 rings (SSSR count). The van der Waals surface area contributed by atoms with Crippen molar-refractivity contribution in [1.82, 2.24) is 9.59 Å². The van der Waals surface area contributed by atoms with Crippen molar-refractivity contribution in [3.8, 4) is 0 Å². The number of aromatic nitrogens is 2. The van der Waals surface area contributed by atoms with Crippen LogP contribution in [0.15, 0.2) is 18.2 Å². The Balaban J connectivity index is 2.35. The van der Waals surface area contributed by atoms with Crippen molar-refractivity contribution >= 4 is 28.9 Å². The van der Waals surface area contributed by atoms with Crippen molar-refractivity contribution in [3.05, 3.63) is 44.9 Å². The van der Waals surface area contributed by atoms with Crippen LogP contribution in [0.2, 0.25) is 5.02 Å². The van der Waals surface area contributed by atoms with Crippen molar-refractivity contribution in [3.63, 3.8) is 0 Å². The number of hydrogen-bond acceptors (Lipinski definition) is 4. The summed E-state index contributed by atoms with van der Waals surface area (Å²) in [4.78, 5) is 13.0. The molecule has 0 N–H and O–H groups in total. The van der Waals surface area contributed by atoms with Crippen molar-refractivity contribution in [2.45, 2.75) is 26.7 Å². The number of carbonyl (C=O) groups is 1. The molecule has 0 unspecified atom stereocenters. The third-order valence-corrected chi connectivity index (χ3v) is 3.86. The molecule has 0 saturated heterocycles. The topological polar surface area (TPSA) is 42.9 Å². The Morgan fingerprint density at radius 3 is 2.89 bits per heavy atom. The maximum atomic E-state index is 12.3. The summed E-state index contributed by atoms with van der Waals surface area (Å²) >= 11 is 7.19. The van der Waals surface area contributed by atoms with E-state index in [0.717, 1.165) is 35.6 Å². The van der Waals surface area contributed by atoms with Gasteiger partial charge in [-0.15, -0.1) is 5.10 Å². The van der Waals surface area contributed by atoms with Crippen LogP contribution in [0.1, 0.15) is 39.8 Å². The minimum atomic E-state index is -0.0460. The Hall–Kier alpha value is -1.26. The van der Waals surface area contributed by atoms with Gasteiger partial charge in [-0.05, 0) is 36.5 Å². The second-order valence-electron chi connectivity index (χ2n) is 4.09. The van der Waals surface area contributed by atoms with Crippen LogP contribution in [0.5, 0.6) is 0 Å². The number of carbonyl (C=O) groups excluding carboxylic acids is 1. The molecule has 0 aliphatic carbocycles. The van der Waals surface area contributed by atoms with E-state index in [0.29, 0.717) is 15.5 Å². The summed E-state index contributed by atoms with van der Waals surface area (Å²) in [6, 6.07) is 5.34. The predicted octanol–water partition coefficient (Wildman–Crippen LogP) is 3.68. The zero-order chi connectivity index (χ0) is 13.1. The molecule has 0 aliphatic rings. The van der Waals surface area contributed by atoms with Gasteiger partial charge in [-0.2, -0.15) is 0 Å². The lowest BCUT2D eigenvalue weighted by Crippen LogP contribution is -2.03. The largest absolute Gasteiger partial charge is 0.288 e. The van der Waals surface area contributed by atoms with Crippen LogP contribution < -0.4 is 0 Å². The van der Waals surface area contributed by atoms with E-state index in [-0.39, 0.29) is 5.78 Å². The average molecular weight is 281 g/mol. The minimum absolute atomic E-state index is 0.0460. The molecule has 18 heavy (non-hydrogen) atoms. The maximum Gasteiger partial charge on any atom is 0.206 e. The number of ketones is 1. The maximum absolute atomic E-state index is 12.3. The first-order chi connectivity index (χ1) is 8.63. The highest BCUT2D eigenvalue weighted by molar-refractivity contribution is 7.08. The van der Waals surface area contributed by atoms with Crippen LogP contribution in [0.25, 0.3) is 0 Å².